The third kappa shape index (κ3) is 4.19. The molecule has 2 heterocycles. The van der Waals surface area contributed by atoms with Gasteiger partial charge >= 0.3 is 0 Å². The second-order valence-corrected chi connectivity index (χ2v) is 7.32. The average Bonchev–Trinajstić information content (AvgIpc) is 3.01. The number of hydrogen-bond acceptors (Lipinski definition) is 5. The van der Waals surface area contributed by atoms with Crippen LogP contribution in [0.4, 0.5) is 5.69 Å². The van der Waals surface area contributed by atoms with E-state index in [4.69, 9.17) is 14.5 Å². The molecule has 0 atom stereocenters. The van der Waals surface area contributed by atoms with Crippen LogP contribution in [0.15, 0.2) is 47.5 Å². The van der Waals surface area contributed by atoms with Gasteiger partial charge in [-0.15, -0.1) is 0 Å². The van der Waals surface area contributed by atoms with Gasteiger partial charge in [0.25, 0.3) is 0 Å². The van der Waals surface area contributed by atoms with Gasteiger partial charge in [-0.1, -0.05) is 18.6 Å². The normalized spacial score (nSPS) is 16.1. The third-order valence-electron chi connectivity index (χ3n) is 5.14. The number of ketones is 1. The highest BCUT2D eigenvalue weighted by atomic mass is 16.6. The molecule has 0 saturated carbocycles. The van der Waals surface area contributed by atoms with Crippen LogP contribution in [0.2, 0.25) is 0 Å². The molecule has 2 aromatic carbocycles. The first-order valence-corrected chi connectivity index (χ1v) is 10.0. The van der Waals surface area contributed by atoms with Gasteiger partial charge < -0.3 is 14.4 Å². The summed E-state index contributed by atoms with van der Waals surface area (Å²) in [5.74, 6) is 2.40. The predicted octanol–water partition coefficient (Wildman–Crippen LogP) is 4.43. The Bertz CT molecular complexity index is 891. The minimum absolute atomic E-state index is 0.0467. The van der Waals surface area contributed by atoms with E-state index in [2.05, 4.69) is 30.0 Å². The highest BCUT2D eigenvalue weighted by molar-refractivity contribution is 6.07. The summed E-state index contributed by atoms with van der Waals surface area (Å²) in [6, 6.07) is 13.7. The molecule has 2 aromatic rings. The van der Waals surface area contributed by atoms with Gasteiger partial charge in [-0.3, -0.25) is 9.79 Å². The zero-order valence-corrected chi connectivity index (χ0v) is 16.3. The first-order chi connectivity index (χ1) is 13.7. The van der Waals surface area contributed by atoms with E-state index in [0.29, 0.717) is 30.3 Å². The fourth-order valence-electron chi connectivity index (χ4n) is 3.66. The Balaban J connectivity index is 1.61. The molecule has 146 valence electrons. The van der Waals surface area contributed by atoms with Crippen molar-refractivity contribution in [2.24, 2.45) is 4.99 Å². The molecule has 0 aliphatic carbocycles. The van der Waals surface area contributed by atoms with Crippen LogP contribution in [-0.4, -0.2) is 37.9 Å². The number of anilines is 1. The summed E-state index contributed by atoms with van der Waals surface area (Å²) < 4.78 is 11.2. The monoisotopic (exact) mass is 378 g/mol. The Morgan fingerprint density at radius 3 is 2.75 bits per heavy atom. The van der Waals surface area contributed by atoms with Crippen molar-refractivity contribution in [1.82, 2.24) is 0 Å². The average molecular weight is 378 g/mol. The number of carbonyl (C=O) groups is 1. The molecule has 0 aromatic heterocycles. The van der Waals surface area contributed by atoms with Gasteiger partial charge in [0.2, 0.25) is 0 Å². The van der Waals surface area contributed by atoms with Crippen LogP contribution in [0.5, 0.6) is 11.5 Å². The second-order valence-electron chi connectivity index (χ2n) is 7.32. The van der Waals surface area contributed by atoms with Crippen LogP contribution in [0, 0.1) is 6.92 Å². The van der Waals surface area contributed by atoms with Crippen LogP contribution >= 0.6 is 0 Å². The van der Waals surface area contributed by atoms with E-state index in [9.17, 15) is 4.79 Å². The molecule has 0 fully saturated rings. The summed E-state index contributed by atoms with van der Waals surface area (Å²) >= 11 is 0. The third-order valence-corrected chi connectivity index (χ3v) is 5.14. The fourth-order valence-corrected chi connectivity index (χ4v) is 3.66. The summed E-state index contributed by atoms with van der Waals surface area (Å²) in [5, 5.41) is 0. The molecule has 0 unspecified atom stereocenters. The molecule has 28 heavy (non-hydrogen) atoms. The SMILES string of the molecule is Cc1cccc(N(CC(=O)c2ccc3c(c2)OCCO3)C2=NCCCCC2)c1. The van der Waals surface area contributed by atoms with Gasteiger partial charge in [0.15, 0.2) is 17.3 Å². The summed E-state index contributed by atoms with van der Waals surface area (Å²) in [6.07, 6.45) is 4.31. The minimum atomic E-state index is 0.0467. The number of amidine groups is 1. The molecule has 0 N–H and O–H groups in total. The molecule has 5 heteroatoms. The Labute approximate surface area is 166 Å². The Morgan fingerprint density at radius 2 is 1.89 bits per heavy atom. The summed E-state index contributed by atoms with van der Waals surface area (Å²) in [7, 11) is 0. The van der Waals surface area contributed by atoms with E-state index < -0.39 is 0 Å². The van der Waals surface area contributed by atoms with Crippen molar-refractivity contribution < 1.29 is 14.3 Å². The maximum atomic E-state index is 13.1. The van der Waals surface area contributed by atoms with Crippen molar-refractivity contribution in [3.8, 4) is 11.5 Å². The van der Waals surface area contributed by atoms with E-state index in [1.165, 1.54) is 12.0 Å². The van der Waals surface area contributed by atoms with Crippen molar-refractivity contribution in [2.45, 2.75) is 32.6 Å². The van der Waals surface area contributed by atoms with Gasteiger partial charge in [-0.2, -0.15) is 0 Å². The molecule has 0 spiro atoms. The summed E-state index contributed by atoms with van der Waals surface area (Å²) in [6.45, 7) is 4.22. The van der Waals surface area contributed by atoms with Crippen LogP contribution in [0.1, 0.15) is 41.6 Å². The number of aliphatic imine (C=N–C) groups is 1. The quantitative estimate of drug-likeness (QED) is 0.739. The topological polar surface area (TPSA) is 51.1 Å². The van der Waals surface area contributed by atoms with E-state index in [1.54, 1.807) is 6.07 Å². The van der Waals surface area contributed by atoms with Gasteiger partial charge in [0, 0.05) is 24.2 Å². The van der Waals surface area contributed by atoms with E-state index in [-0.39, 0.29) is 12.3 Å². The molecule has 2 aliphatic rings. The minimum Gasteiger partial charge on any atom is -0.486 e. The van der Waals surface area contributed by atoms with E-state index in [1.807, 2.05) is 18.2 Å². The number of fused-ring (bicyclic) bond motifs is 1. The van der Waals surface area contributed by atoms with Crippen LogP contribution in [0.25, 0.3) is 0 Å². The molecule has 0 amide bonds. The van der Waals surface area contributed by atoms with Crippen molar-refractivity contribution in [3.05, 3.63) is 53.6 Å². The van der Waals surface area contributed by atoms with Crippen LogP contribution in [0.3, 0.4) is 0 Å². The number of Topliss-reactive ketones (excluding diaryl/α,β-unsaturated/α-hetero) is 1. The molecule has 5 nitrogen and oxygen atoms in total. The largest absolute Gasteiger partial charge is 0.486 e. The Kier molecular flexibility index (Phi) is 5.60. The van der Waals surface area contributed by atoms with Crippen molar-refractivity contribution >= 4 is 17.3 Å². The summed E-state index contributed by atoms with van der Waals surface area (Å²) in [4.78, 5) is 20.0. The number of ether oxygens (including phenoxy) is 2. The van der Waals surface area contributed by atoms with E-state index in [0.717, 1.165) is 37.3 Å². The lowest BCUT2D eigenvalue weighted by Crippen LogP contribution is -2.36. The number of carbonyl (C=O) groups excluding carboxylic acids is 1. The van der Waals surface area contributed by atoms with Gasteiger partial charge in [0.05, 0.1) is 6.54 Å². The molecule has 0 bridgehead atoms. The lowest BCUT2D eigenvalue weighted by molar-refractivity contribution is 0.100. The maximum absolute atomic E-state index is 13.1. The first-order valence-electron chi connectivity index (χ1n) is 10.0. The smallest absolute Gasteiger partial charge is 0.182 e. The Hall–Kier alpha value is -2.82. The standard InChI is InChI=1S/C23H26N2O3/c1-17-6-5-7-19(14-17)25(23-8-3-2-4-11-24-23)16-20(26)18-9-10-21-22(15-18)28-13-12-27-21/h5-7,9-10,14-15H,2-4,8,11-13,16H2,1H3. The van der Waals surface area contributed by atoms with Crippen molar-refractivity contribution in [1.29, 1.82) is 0 Å². The predicted molar refractivity (Wildman–Crippen MR) is 111 cm³/mol. The molecular weight excluding hydrogens is 352 g/mol. The van der Waals surface area contributed by atoms with Gasteiger partial charge in [-0.25, -0.2) is 0 Å². The zero-order chi connectivity index (χ0) is 19.3. The number of benzene rings is 2. The lowest BCUT2D eigenvalue weighted by atomic mass is 10.1. The van der Waals surface area contributed by atoms with E-state index >= 15 is 0 Å². The number of aryl methyl sites for hydroxylation is 1. The fraction of sp³-hybridized carbons (Fsp3) is 0.391. The highest BCUT2D eigenvalue weighted by Crippen LogP contribution is 2.31. The van der Waals surface area contributed by atoms with Crippen molar-refractivity contribution in [2.75, 3.05) is 31.2 Å². The molecular formula is C23H26N2O3. The zero-order valence-electron chi connectivity index (χ0n) is 16.3. The molecule has 2 aliphatic heterocycles. The number of nitrogens with zero attached hydrogens (tertiary/aromatic N) is 2. The first kappa shape index (κ1) is 18.5. The van der Waals surface area contributed by atoms with Gasteiger partial charge in [0.1, 0.15) is 19.0 Å². The Morgan fingerprint density at radius 1 is 1.04 bits per heavy atom. The van der Waals surface area contributed by atoms with Crippen LogP contribution in [-0.2, 0) is 0 Å². The molecule has 0 radical (unpaired) electrons. The molecule has 0 saturated heterocycles. The van der Waals surface area contributed by atoms with Crippen molar-refractivity contribution in [3.63, 3.8) is 0 Å². The number of rotatable bonds is 4. The lowest BCUT2D eigenvalue weighted by Gasteiger charge is -2.26. The maximum Gasteiger partial charge on any atom is 0.182 e. The highest BCUT2D eigenvalue weighted by Gasteiger charge is 2.21. The molecule has 4 rings (SSSR count). The second kappa shape index (κ2) is 8.46. The number of hydrogen-bond donors (Lipinski definition) is 0. The van der Waals surface area contributed by atoms with Crippen LogP contribution < -0.4 is 14.4 Å². The van der Waals surface area contributed by atoms with Gasteiger partial charge in [-0.05, 0) is 55.7 Å². The summed E-state index contributed by atoms with van der Waals surface area (Å²) in [5.41, 5.74) is 2.83.